The lowest BCUT2D eigenvalue weighted by Gasteiger charge is -2.08. The van der Waals surface area contributed by atoms with E-state index in [4.69, 9.17) is 0 Å². The van der Waals surface area contributed by atoms with E-state index in [1.807, 2.05) is 6.92 Å². The Hall–Kier alpha value is -1.56. The summed E-state index contributed by atoms with van der Waals surface area (Å²) in [6, 6.07) is 0. The molecular weight excluding hydrogens is 194 g/mol. The third-order valence-electron chi connectivity index (χ3n) is 2.25. The molecule has 2 heterocycles. The van der Waals surface area contributed by atoms with Gasteiger partial charge in [0, 0.05) is 12.6 Å². The van der Waals surface area contributed by atoms with Crippen molar-refractivity contribution in [1.82, 2.24) is 25.0 Å². The SMILES string of the molecule is CCCC(O)Cc1cncc2nnnn12. The first-order valence-electron chi connectivity index (χ1n) is 5.00. The number of fused-ring (bicyclic) bond motifs is 1. The molecule has 0 spiro atoms. The Kier molecular flexibility index (Phi) is 2.86. The van der Waals surface area contributed by atoms with E-state index in [0.717, 1.165) is 18.5 Å². The van der Waals surface area contributed by atoms with Crippen molar-refractivity contribution < 1.29 is 5.11 Å². The Labute approximate surface area is 87.0 Å². The van der Waals surface area contributed by atoms with E-state index in [0.29, 0.717) is 12.1 Å². The molecule has 0 aliphatic carbocycles. The highest BCUT2D eigenvalue weighted by Gasteiger charge is 2.09. The molecule has 0 bridgehead atoms. The average molecular weight is 207 g/mol. The van der Waals surface area contributed by atoms with Gasteiger partial charge in [0.15, 0.2) is 5.65 Å². The zero-order chi connectivity index (χ0) is 10.7. The Bertz CT molecular complexity index is 441. The maximum Gasteiger partial charge on any atom is 0.197 e. The molecule has 2 rings (SSSR count). The number of aliphatic hydroxyl groups is 1. The van der Waals surface area contributed by atoms with Crippen molar-refractivity contribution in [3.8, 4) is 0 Å². The van der Waals surface area contributed by atoms with E-state index in [9.17, 15) is 5.11 Å². The van der Waals surface area contributed by atoms with Crippen LogP contribution in [0.4, 0.5) is 0 Å². The van der Waals surface area contributed by atoms with Gasteiger partial charge in [0.2, 0.25) is 0 Å². The smallest absolute Gasteiger partial charge is 0.197 e. The van der Waals surface area contributed by atoms with Crippen molar-refractivity contribution in [2.75, 3.05) is 0 Å². The van der Waals surface area contributed by atoms with Gasteiger partial charge in [-0.1, -0.05) is 13.3 Å². The molecule has 6 nitrogen and oxygen atoms in total. The molecule has 15 heavy (non-hydrogen) atoms. The third kappa shape index (κ3) is 2.10. The second-order valence-electron chi connectivity index (χ2n) is 3.49. The monoisotopic (exact) mass is 207 g/mol. The fourth-order valence-electron chi connectivity index (χ4n) is 1.54. The zero-order valence-electron chi connectivity index (χ0n) is 8.54. The second kappa shape index (κ2) is 4.31. The molecule has 1 N–H and O–H groups in total. The van der Waals surface area contributed by atoms with Crippen molar-refractivity contribution in [2.45, 2.75) is 32.3 Å². The van der Waals surface area contributed by atoms with Crippen LogP contribution in [0.2, 0.25) is 0 Å². The molecule has 6 heteroatoms. The summed E-state index contributed by atoms with van der Waals surface area (Å²) >= 11 is 0. The average Bonchev–Trinajstić information content (AvgIpc) is 2.67. The first kappa shape index (κ1) is 9.97. The van der Waals surface area contributed by atoms with Crippen LogP contribution < -0.4 is 0 Å². The number of nitrogens with zero attached hydrogens (tertiary/aromatic N) is 5. The summed E-state index contributed by atoms with van der Waals surface area (Å²) in [4.78, 5) is 4.02. The summed E-state index contributed by atoms with van der Waals surface area (Å²) in [6.45, 7) is 2.04. The van der Waals surface area contributed by atoms with Crippen molar-refractivity contribution in [1.29, 1.82) is 0 Å². The Morgan fingerprint density at radius 2 is 2.33 bits per heavy atom. The van der Waals surface area contributed by atoms with Crippen LogP contribution in [0.25, 0.3) is 5.65 Å². The van der Waals surface area contributed by atoms with Crippen LogP contribution in [0.5, 0.6) is 0 Å². The van der Waals surface area contributed by atoms with Crippen LogP contribution in [0.1, 0.15) is 25.5 Å². The molecule has 0 radical (unpaired) electrons. The van der Waals surface area contributed by atoms with E-state index in [1.165, 1.54) is 0 Å². The van der Waals surface area contributed by atoms with Crippen LogP contribution in [0.3, 0.4) is 0 Å². The summed E-state index contributed by atoms with van der Waals surface area (Å²) in [6.07, 6.45) is 5.19. The predicted octanol–water partition coefficient (Wildman–Crippen LogP) is 0.223. The predicted molar refractivity (Wildman–Crippen MR) is 53.2 cm³/mol. The number of aliphatic hydroxyl groups excluding tert-OH is 1. The fourth-order valence-corrected chi connectivity index (χ4v) is 1.54. The van der Waals surface area contributed by atoms with E-state index in [2.05, 4.69) is 20.5 Å². The van der Waals surface area contributed by atoms with E-state index >= 15 is 0 Å². The quantitative estimate of drug-likeness (QED) is 0.776. The van der Waals surface area contributed by atoms with Crippen LogP contribution >= 0.6 is 0 Å². The van der Waals surface area contributed by atoms with Crippen LogP contribution in [0.15, 0.2) is 12.4 Å². The summed E-state index contributed by atoms with van der Waals surface area (Å²) in [5.41, 5.74) is 1.44. The van der Waals surface area contributed by atoms with Gasteiger partial charge in [0.05, 0.1) is 18.0 Å². The minimum absolute atomic E-state index is 0.355. The topological polar surface area (TPSA) is 76.2 Å². The van der Waals surface area contributed by atoms with Crippen LogP contribution in [-0.2, 0) is 6.42 Å². The molecule has 1 atom stereocenters. The van der Waals surface area contributed by atoms with Gasteiger partial charge < -0.3 is 5.11 Å². The molecule has 80 valence electrons. The van der Waals surface area contributed by atoms with Crippen molar-refractivity contribution >= 4 is 5.65 Å². The van der Waals surface area contributed by atoms with E-state index in [1.54, 1.807) is 16.9 Å². The lowest BCUT2D eigenvalue weighted by Crippen LogP contribution is -2.13. The molecule has 0 aliphatic rings. The highest BCUT2D eigenvalue weighted by atomic mass is 16.3. The molecular formula is C9H13N5O. The molecule has 2 aromatic rings. The number of tetrazole rings is 1. The van der Waals surface area contributed by atoms with Crippen molar-refractivity contribution in [2.24, 2.45) is 0 Å². The van der Waals surface area contributed by atoms with Gasteiger partial charge in [0.25, 0.3) is 0 Å². The first-order chi connectivity index (χ1) is 7.31. The first-order valence-corrected chi connectivity index (χ1v) is 5.00. The lowest BCUT2D eigenvalue weighted by atomic mass is 10.1. The normalized spacial score (nSPS) is 13.2. The second-order valence-corrected chi connectivity index (χ2v) is 3.49. The molecule has 0 saturated carbocycles. The molecule has 0 aliphatic heterocycles. The Morgan fingerprint density at radius 1 is 1.47 bits per heavy atom. The minimum Gasteiger partial charge on any atom is -0.393 e. The Balaban J connectivity index is 2.23. The van der Waals surface area contributed by atoms with Gasteiger partial charge in [-0.3, -0.25) is 4.98 Å². The van der Waals surface area contributed by atoms with Crippen LogP contribution in [-0.4, -0.2) is 36.2 Å². The molecule has 0 saturated heterocycles. The minimum atomic E-state index is -0.355. The number of hydrogen-bond donors (Lipinski definition) is 1. The van der Waals surface area contributed by atoms with Gasteiger partial charge in [-0.2, -0.15) is 4.52 Å². The molecule has 0 fully saturated rings. The number of rotatable bonds is 4. The molecule has 0 aromatic carbocycles. The van der Waals surface area contributed by atoms with Crippen molar-refractivity contribution in [3.63, 3.8) is 0 Å². The van der Waals surface area contributed by atoms with Gasteiger partial charge in [-0.25, -0.2) is 0 Å². The van der Waals surface area contributed by atoms with Gasteiger partial charge in [0.1, 0.15) is 0 Å². The summed E-state index contributed by atoms with van der Waals surface area (Å²) < 4.78 is 1.60. The highest BCUT2D eigenvalue weighted by Crippen LogP contribution is 2.06. The number of hydrogen-bond acceptors (Lipinski definition) is 5. The maximum atomic E-state index is 9.69. The van der Waals surface area contributed by atoms with E-state index in [-0.39, 0.29) is 6.10 Å². The summed E-state index contributed by atoms with van der Waals surface area (Å²) in [5.74, 6) is 0. The van der Waals surface area contributed by atoms with Crippen LogP contribution in [0, 0.1) is 0 Å². The fraction of sp³-hybridized carbons (Fsp3) is 0.556. The maximum absolute atomic E-state index is 9.69. The summed E-state index contributed by atoms with van der Waals surface area (Å²) in [5, 5.41) is 20.9. The standard InChI is InChI=1S/C9H13N5O/c1-2-3-8(15)4-7-5-10-6-9-11-12-13-14(7)9/h5-6,8,15H,2-4H2,1H3. The highest BCUT2D eigenvalue weighted by molar-refractivity contribution is 5.32. The largest absolute Gasteiger partial charge is 0.393 e. The van der Waals surface area contributed by atoms with Gasteiger partial charge >= 0.3 is 0 Å². The van der Waals surface area contributed by atoms with Gasteiger partial charge in [-0.15, -0.1) is 5.10 Å². The lowest BCUT2D eigenvalue weighted by molar-refractivity contribution is 0.162. The third-order valence-corrected chi connectivity index (χ3v) is 2.25. The zero-order valence-corrected chi connectivity index (χ0v) is 8.54. The molecule has 1 unspecified atom stereocenters. The molecule has 2 aromatic heterocycles. The number of aromatic nitrogens is 5. The van der Waals surface area contributed by atoms with E-state index < -0.39 is 0 Å². The van der Waals surface area contributed by atoms with Gasteiger partial charge in [-0.05, 0) is 16.8 Å². The Morgan fingerprint density at radius 3 is 3.13 bits per heavy atom. The molecule has 0 amide bonds. The van der Waals surface area contributed by atoms with Crippen molar-refractivity contribution in [3.05, 3.63) is 18.1 Å². The summed E-state index contributed by atoms with van der Waals surface area (Å²) in [7, 11) is 0.